The van der Waals surface area contributed by atoms with Crippen LogP contribution in [0.4, 0.5) is 5.69 Å². The summed E-state index contributed by atoms with van der Waals surface area (Å²) in [7, 11) is 0. The van der Waals surface area contributed by atoms with Crippen LogP contribution in [0.3, 0.4) is 0 Å². The van der Waals surface area contributed by atoms with Crippen molar-refractivity contribution in [1.82, 2.24) is 5.32 Å². The molecular weight excluding hydrogens is 300 g/mol. The average Bonchev–Trinajstić information content (AvgIpc) is 3.03. The van der Waals surface area contributed by atoms with Crippen molar-refractivity contribution >= 4 is 23.5 Å². The summed E-state index contributed by atoms with van der Waals surface area (Å²) in [6.07, 6.45) is 6.11. The molecule has 0 amide bonds. The third-order valence-corrected chi connectivity index (χ3v) is 3.85. The average molecular weight is 318 g/mol. The number of carbonyl (C=O) groups is 2. The molecule has 0 spiro atoms. The van der Waals surface area contributed by atoms with E-state index in [2.05, 4.69) is 5.32 Å². The number of carboxylic acid groups (broad SMARTS) is 1. The van der Waals surface area contributed by atoms with Gasteiger partial charge in [0.05, 0.1) is 10.5 Å². The number of benzene rings is 1. The summed E-state index contributed by atoms with van der Waals surface area (Å²) >= 11 is 0. The monoisotopic (exact) mass is 318 g/mol. The Morgan fingerprint density at radius 2 is 1.96 bits per heavy atom. The predicted octanol–water partition coefficient (Wildman–Crippen LogP) is 2.16. The molecule has 2 N–H and O–H groups in total. The fraction of sp³-hybridized carbons (Fsp3) is 0.375. The zero-order chi connectivity index (χ0) is 16.8. The molecule has 0 saturated heterocycles. The normalized spacial score (nSPS) is 16.5. The van der Waals surface area contributed by atoms with Gasteiger partial charge in [-0.2, -0.15) is 0 Å². The Morgan fingerprint density at radius 1 is 1.30 bits per heavy atom. The van der Waals surface area contributed by atoms with Crippen LogP contribution in [0, 0.1) is 10.1 Å². The zero-order valence-electron chi connectivity index (χ0n) is 12.5. The number of aliphatic carboxylic acids is 1. The number of nitrogens with zero attached hydrogens (tertiary/aromatic N) is 1. The minimum Gasteiger partial charge on any atom is -0.480 e. The first-order valence-corrected chi connectivity index (χ1v) is 7.43. The molecule has 1 saturated carbocycles. The number of rotatable bonds is 7. The molecule has 2 rings (SSSR count). The Kier molecular flexibility index (Phi) is 5.59. The van der Waals surface area contributed by atoms with E-state index in [1.165, 1.54) is 24.3 Å². The molecule has 7 heteroatoms. The van der Waals surface area contributed by atoms with Crippen molar-refractivity contribution in [2.75, 3.05) is 0 Å². The van der Waals surface area contributed by atoms with Gasteiger partial charge in [-0.3, -0.25) is 25.0 Å². The summed E-state index contributed by atoms with van der Waals surface area (Å²) in [4.78, 5) is 33.8. The van der Waals surface area contributed by atoms with Crippen LogP contribution in [0.1, 0.15) is 31.2 Å². The third kappa shape index (κ3) is 4.46. The van der Waals surface area contributed by atoms with E-state index >= 15 is 0 Å². The van der Waals surface area contributed by atoms with Crippen LogP contribution in [0.5, 0.6) is 0 Å². The standard InChI is InChI=1S/C16H18N2O5/c19-14(15(16(20)21)17-12-6-2-3-7-12)10-9-11-5-1-4-8-13(11)18(22)23/h1,4-5,8-10,12,15,17H,2-3,6-7H2,(H,20,21). The maximum Gasteiger partial charge on any atom is 0.328 e. The second-order valence-corrected chi connectivity index (χ2v) is 5.47. The molecular formula is C16H18N2O5. The predicted molar refractivity (Wildman–Crippen MR) is 84.0 cm³/mol. The lowest BCUT2D eigenvalue weighted by atomic mass is 10.1. The van der Waals surface area contributed by atoms with Crippen molar-refractivity contribution in [2.24, 2.45) is 0 Å². The number of carboxylic acids is 1. The number of ketones is 1. The van der Waals surface area contributed by atoms with E-state index in [0.29, 0.717) is 0 Å². The van der Waals surface area contributed by atoms with Crippen LogP contribution in [0.25, 0.3) is 6.08 Å². The Morgan fingerprint density at radius 3 is 2.57 bits per heavy atom. The SMILES string of the molecule is O=C(O)C(NC1CCCC1)C(=O)C=Cc1ccccc1[N+](=O)[O-]. The molecule has 1 atom stereocenters. The summed E-state index contributed by atoms with van der Waals surface area (Å²) < 4.78 is 0. The number of nitro benzene ring substituents is 1. The highest BCUT2D eigenvalue weighted by molar-refractivity contribution is 6.09. The fourth-order valence-electron chi connectivity index (χ4n) is 2.67. The molecule has 0 heterocycles. The molecule has 1 fully saturated rings. The van der Waals surface area contributed by atoms with Gasteiger partial charge in [0, 0.05) is 12.1 Å². The quantitative estimate of drug-likeness (QED) is 0.345. The lowest BCUT2D eigenvalue weighted by Gasteiger charge is -2.17. The molecule has 1 aromatic carbocycles. The highest BCUT2D eigenvalue weighted by Gasteiger charge is 2.28. The molecule has 0 aromatic heterocycles. The van der Waals surface area contributed by atoms with Crippen LogP contribution < -0.4 is 5.32 Å². The first-order chi connectivity index (χ1) is 11.0. The largest absolute Gasteiger partial charge is 0.480 e. The van der Waals surface area contributed by atoms with Gasteiger partial charge in [0.2, 0.25) is 0 Å². The Bertz CT molecular complexity index is 635. The summed E-state index contributed by atoms with van der Waals surface area (Å²) in [5.41, 5.74) is 0.128. The van der Waals surface area contributed by atoms with Gasteiger partial charge in [-0.05, 0) is 31.1 Å². The van der Waals surface area contributed by atoms with E-state index in [0.717, 1.165) is 31.8 Å². The molecule has 1 aliphatic carbocycles. The minimum absolute atomic E-state index is 0.0273. The molecule has 23 heavy (non-hydrogen) atoms. The molecule has 7 nitrogen and oxygen atoms in total. The Hall–Kier alpha value is -2.54. The zero-order valence-corrected chi connectivity index (χ0v) is 12.5. The van der Waals surface area contributed by atoms with Crippen molar-refractivity contribution < 1.29 is 19.6 Å². The maximum atomic E-state index is 12.1. The van der Waals surface area contributed by atoms with Gasteiger partial charge >= 0.3 is 5.97 Å². The van der Waals surface area contributed by atoms with Gasteiger partial charge in [0.25, 0.3) is 5.69 Å². The van der Waals surface area contributed by atoms with Gasteiger partial charge < -0.3 is 5.11 Å². The molecule has 1 aromatic rings. The third-order valence-electron chi connectivity index (χ3n) is 3.85. The van der Waals surface area contributed by atoms with Crippen LogP contribution in [0.15, 0.2) is 30.3 Å². The van der Waals surface area contributed by atoms with Gasteiger partial charge in [-0.15, -0.1) is 0 Å². The Balaban J connectivity index is 2.11. The van der Waals surface area contributed by atoms with Crippen molar-refractivity contribution in [2.45, 2.75) is 37.8 Å². The van der Waals surface area contributed by atoms with Crippen molar-refractivity contribution in [3.63, 3.8) is 0 Å². The van der Waals surface area contributed by atoms with Crippen LogP contribution in [-0.4, -0.2) is 33.9 Å². The van der Waals surface area contributed by atoms with E-state index in [-0.39, 0.29) is 17.3 Å². The van der Waals surface area contributed by atoms with Crippen LogP contribution >= 0.6 is 0 Å². The summed E-state index contributed by atoms with van der Waals surface area (Å²) in [5.74, 6) is -1.86. The van der Waals surface area contributed by atoms with Gasteiger partial charge in [0.1, 0.15) is 0 Å². The number of hydrogen-bond acceptors (Lipinski definition) is 5. The topological polar surface area (TPSA) is 110 Å². The first-order valence-electron chi connectivity index (χ1n) is 7.43. The van der Waals surface area contributed by atoms with Crippen LogP contribution in [0.2, 0.25) is 0 Å². The highest BCUT2D eigenvalue weighted by Crippen LogP contribution is 2.20. The molecule has 122 valence electrons. The van der Waals surface area contributed by atoms with E-state index in [1.807, 2.05) is 0 Å². The van der Waals surface area contributed by atoms with E-state index in [1.54, 1.807) is 6.07 Å². The highest BCUT2D eigenvalue weighted by atomic mass is 16.6. The maximum absolute atomic E-state index is 12.1. The number of nitrogens with one attached hydrogen (secondary N) is 1. The molecule has 1 unspecified atom stereocenters. The molecule has 0 bridgehead atoms. The fourth-order valence-corrected chi connectivity index (χ4v) is 2.67. The number of nitro groups is 1. The molecule has 1 aliphatic rings. The number of carbonyl (C=O) groups excluding carboxylic acids is 1. The van der Waals surface area contributed by atoms with Gasteiger partial charge in [-0.25, -0.2) is 0 Å². The number of para-hydroxylation sites is 1. The second kappa shape index (κ2) is 7.64. The molecule has 0 radical (unpaired) electrons. The van der Waals surface area contributed by atoms with Gasteiger partial charge in [-0.1, -0.05) is 25.0 Å². The lowest BCUT2D eigenvalue weighted by molar-refractivity contribution is -0.385. The van der Waals surface area contributed by atoms with E-state index in [4.69, 9.17) is 0 Å². The van der Waals surface area contributed by atoms with Crippen LogP contribution in [-0.2, 0) is 9.59 Å². The summed E-state index contributed by atoms with van der Waals surface area (Å²) in [6.45, 7) is 0. The smallest absolute Gasteiger partial charge is 0.328 e. The summed E-state index contributed by atoms with van der Waals surface area (Å²) in [5, 5.41) is 23.0. The van der Waals surface area contributed by atoms with Gasteiger partial charge in [0.15, 0.2) is 11.8 Å². The molecule has 0 aliphatic heterocycles. The van der Waals surface area contributed by atoms with Crippen molar-refractivity contribution in [1.29, 1.82) is 0 Å². The summed E-state index contributed by atoms with van der Waals surface area (Å²) in [6, 6.07) is 4.68. The lowest BCUT2D eigenvalue weighted by Crippen LogP contribution is -2.47. The number of hydrogen-bond donors (Lipinski definition) is 2. The van der Waals surface area contributed by atoms with E-state index < -0.39 is 22.7 Å². The second-order valence-electron chi connectivity index (χ2n) is 5.47. The minimum atomic E-state index is -1.32. The first kappa shape index (κ1) is 16.8. The van der Waals surface area contributed by atoms with Crippen molar-refractivity contribution in [3.05, 3.63) is 46.0 Å². The van der Waals surface area contributed by atoms with E-state index in [9.17, 15) is 24.8 Å². The Labute approximate surface area is 133 Å². The van der Waals surface area contributed by atoms with Crippen molar-refractivity contribution in [3.8, 4) is 0 Å².